The molecule has 1 aromatic rings. The van der Waals surface area contributed by atoms with Crippen molar-refractivity contribution >= 4 is 36.5 Å². The second-order valence-electron chi connectivity index (χ2n) is 5.63. The smallest absolute Gasteiger partial charge is 0.321 e. The zero-order chi connectivity index (χ0) is 17.7. The van der Waals surface area contributed by atoms with Gasteiger partial charge in [0.15, 0.2) is 0 Å². The highest BCUT2D eigenvalue weighted by Gasteiger charge is 2.28. The first-order valence-corrected chi connectivity index (χ1v) is 10.5. The first-order valence-electron chi connectivity index (χ1n) is 7.91. The Labute approximate surface area is 146 Å². The van der Waals surface area contributed by atoms with Crippen LogP contribution in [-0.4, -0.2) is 38.3 Å². The summed E-state index contributed by atoms with van der Waals surface area (Å²) in [6, 6.07) is 0. The lowest BCUT2D eigenvalue weighted by Gasteiger charge is -2.17. The van der Waals surface area contributed by atoms with E-state index in [0.29, 0.717) is 0 Å². The van der Waals surface area contributed by atoms with Gasteiger partial charge in [-0.3, -0.25) is 4.99 Å². The van der Waals surface area contributed by atoms with Crippen LogP contribution in [0, 0.1) is 0 Å². The van der Waals surface area contributed by atoms with Gasteiger partial charge in [-0.05, 0) is 50.5 Å². The molecule has 1 aliphatic rings. The third-order valence-electron chi connectivity index (χ3n) is 3.93. The monoisotopic (exact) mass is 373 g/mol. The van der Waals surface area contributed by atoms with Crippen molar-refractivity contribution in [1.82, 2.24) is 9.55 Å². The summed E-state index contributed by atoms with van der Waals surface area (Å²) < 4.78 is 12.9. The first-order chi connectivity index (χ1) is 11.4. The van der Waals surface area contributed by atoms with Crippen LogP contribution in [0.2, 0.25) is 0 Å². The van der Waals surface area contributed by atoms with Crippen molar-refractivity contribution in [1.29, 1.82) is 0 Å². The zero-order valence-electron chi connectivity index (χ0n) is 14.1. The highest BCUT2D eigenvalue weighted by Crippen LogP contribution is 2.38. The van der Waals surface area contributed by atoms with E-state index in [1.165, 1.54) is 5.57 Å². The van der Waals surface area contributed by atoms with Crippen molar-refractivity contribution in [3.05, 3.63) is 17.0 Å². The molecule has 0 radical (unpaired) electrons. The van der Waals surface area contributed by atoms with Crippen molar-refractivity contribution in [3.63, 3.8) is 0 Å². The fraction of sp³-hybridized carbons (Fsp3) is 0.600. The van der Waals surface area contributed by atoms with Crippen LogP contribution < -0.4 is 10.7 Å². The number of aliphatic imine (C=N–C) groups is 1. The van der Waals surface area contributed by atoms with Crippen LogP contribution in [0.3, 0.4) is 0 Å². The summed E-state index contributed by atoms with van der Waals surface area (Å²) >= 11 is 4.47. The fourth-order valence-electron chi connectivity index (χ4n) is 2.63. The molecule has 1 saturated heterocycles. The molecule has 1 fully saturated rings. The molecule has 2 atom stereocenters. The van der Waals surface area contributed by atoms with Gasteiger partial charge in [0, 0.05) is 6.21 Å². The average molecular weight is 373 g/mol. The standard InChI is InChI=1S/C15H24N3O4PS/c1-4-11(3)15-13(8-16-5-2)17-10-18(15)14-7-6-12(22-14)9-21-23(19,20)24/h5,8,10,12,14H,4,6-7,9H2,1-3H3,(H2,19,20,24)/b13-8+,15-11-,16-5?. The molecule has 0 aromatic carbocycles. The molecule has 2 unspecified atom stereocenters. The minimum absolute atomic E-state index is 0.0837. The van der Waals surface area contributed by atoms with Gasteiger partial charge in [-0.15, -0.1) is 0 Å². The van der Waals surface area contributed by atoms with Gasteiger partial charge in [0.2, 0.25) is 0 Å². The molecule has 2 heterocycles. The third-order valence-corrected chi connectivity index (χ3v) is 4.73. The normalized spacial score (nSPS) is 24.1. The van der Waals surface area contributed by atoms with Gasteiger partial charge in [-0.25, -0.2) is 4.98 Å². The van der Waals surface area contributed by atoms with E-state index in [-0.39, 0.29) is 18.9 Å². The summed E-state index contributed by atoms with van der Waals surface area (Å²) in [6.07, 6.45) is 7.31. The highest BCUT2D eigenvalue weighted by atomic mass is 32.5. The molecular weight excluding hydrogens is 349 g/mol. The number of hydrogen-bond donors (Lipinski definition) is 2. The maximum absolute atomic E-state index is 9.16. The van der Waals surface area contributed by atoms with E-state index in [0.717, 1.165) is 30.0 Å². The van der Waals surface area contributed by atoms with Crippen molar-refractivity contribution in [3.8, 4) is 0 Å². The molecule has 134 valence electrons. The Morgan fingerprint density at radius 1 is 1.58 bits per heavy atom. The van der Waals surface area contributed by atoms with Crippen LogP contribution in [0.15, 0.2) is 11.3 Å². The van der Waals surface area contributed by atoms with E-state index >= 15 is 0 Å². The average Bonchev–Trinajstić information content (AvgIpc) is 3.15. The molecule has 1 aromatic heterocycles. The zero-order valence-corrected chi connectivity index (χ0v) is 15.8. The van der Waals surface area contributed by atoms with E-state index in [2.05, 4.69) is 35.6 Å². The number of rotatable bonds is 6. The number of ether oxygens (including phenoxy) is 1. The molecule has 1 aliphatic heterocycles. The minimum Gasteiger partial charge on any atom is -0.352 e. The molecule has 2 rings (SSSR count). The Bertz CT molecular complexity index is 755. The number of aromatic nitrogens is 2. The Balaban J connectivity index is 2.25. The second-order valence-corrected chi connectivity index (χ2v) is 8.30. The van der Waals surface area contributed by atoms with Crippen LogP contribution in [0.4, 0.5) is 0 Å². The SMILES string of the molecule is CC=N/C=c1/ncn(C2CCC(COP(O)(O)=S)O2)/c1=C(/C)CC. The summed E-state index contributed by atoms with van der Waals surface area (Å²) in [4.78, 5) is 26.9. The third kappa shape index (κ3) is 5.05. The first kappa shape index (κ1) is 19.4. The van der Waals surface area contributed by atoms with Gasteiger partial charge >= 0.3 is 6.72 Å². The molecule has 9 heteroatoms. The van der Waals surface area contributed by atoms with Crippen molar-refractivity contribution in [2.45, 2.75) is 52.4 Å². The molecular formula is C15H24N3O4PS. The lowest BCUT2D eigenvalue weighted by atomic mass is 10.2. The number of nitrogens with zero attached hydrogens (tertiary/aromatic N) is 3. The summed E-state index contributed by atoms with van der Waals surface area (Å²) in [7, 11) is 0. The van der Waals surface area contributed by atoms with Gasteiger partial charge in [0.25, 0.3) is 0 Å². The number of hydrogen-bond acceptors (Lipinski definition) is 5. The largest absolute Gasteiger partial charge is 0.352 e. The van der Waals surface area contributed by atoms with E-state index in [4.69, 9.17) is 19.0 Å². The van der Waals surface area contributed by atoms with Crippen LogP contribution in [0.5, 0.6) is 0 Å². The molecule has 24 heavy (non-hydrogen) atoms. The summed E-state index contributed by atoms with van der Waals surface area (Å²) in [5.41, 5.74) is 1.20. The predicted octanol–water partition coefficient (Wildman–Crippen LogP) is 1.20. The van der Waals surface area contributed by atoms with E-state index in [1.54, 1.807) is 18.7 Å². The van der Waals surface area contributed by atoms with E-state index < -0.39 is 6.72 Å². The van der Waals surface area contributed by atoms with Crippen LogP contribution in [-0.2, 0) is 21.1 Å². The van der Waals surface area contributed by atoms with Crippen LogP contribution in [0.25, 0.3) is 11.8 Å². The molecule has 0 amide bonds. The molecule has 7 nitrogen and oxygen atoms in total. The van der Waals surface area contributed by atoms with Gasteiger partial charge < -0.3 is 23.6 Å². The van der Waals surface area contributed by atoms with Crippen molar-refractivity contribution in [2.75, 3.05) is 6.61 Å². The van der Waals surface area contributed by atoms with Gasteiger partial charge in [-0.1, -0.05) is 6.92 Å². The quantitative estimate of drug-likeness (QED) is 0.575. The Hall–Kier alpha value is -0.890. The summed E-state index contributed by atoms with van der Waals surface area (Å²) in [5, 5.41) is 1.83. The molecule has 2 N–H and O–H groups in total. The van der Waals surface area contributed by atoms with Crippen LogP contribution >= 0.6 is 6.72 Å². The van der Waals surface area contributed by atoms with Gasteiger partial charge in [-0.2, -0.15) is 0 Å². The van der Waals surface area contributed by atoms with E-state index in [1.807, 2.05) is 11.5 Å². The molecule has 0 bridgehead atoms. The van der Waals surface area contributed by atoms with Crippen LogP contribution in [0.1, 0.15) is 46.3 Å². The second kappa shape index (κ2) is 8.47. The summed E-state index contributed by atoms with van der Waals surface area (Å²) in [6.45, 7) is 2.48. The lowest BCUT2D eigenvalue weighted by Crippen LogP contribution is -2.34. The Morgan fingerprint density at radius 3 is 2.96 bits per heavy atom. The molecule has 0 spiro atoms. The van der Waals surface area contributed by atoms with Crippen molar-refractivity contribution < 1.29 is 19.0 Å². The minimum atomic E-state index is -3.64. The Kier molecular flexibility index (Phi) is 6.86. The summed E-state index contributed by atoms with van der Waals surface area (Å²) in [5.74, 6) is 0. The fourth-order valence-corrected chi connectivity index (χ4v) is 3.18. The highest BCUT2D eigenvalue weighted by molar-refractivity contribution is 8.06. The maximum atomic E-state index is 9.16. The van der Waals surface area contributed by atoms with Gasteiger partial charge in [0.05, 0.1) is 30.6 Å². The Morgan fingerprint density at radius 2 is 2.33 bits per heavy atom. The van der Waals surface area contributed by atoms with Gasteiger partial charge in [0.1, 0.15) is 11.6 Å². The predicted molar refractivity (Wildman–Crippen MR) is 97.3 cm³/mol. The topological polar surface area (TPSA) is 89.1 Å². The molecule has 0 aliphatic carbocycles. The molecule has 0 saturated carbocycles. The van der Waals surface area contributed by atoms with Crippen molar-refractivity contribution in [2.24, 2.45) is 4.99 Å². The lowest BCUT2D eigenvalue weighted by molar-refractivity contribution is -0.0208. The maximum Gasteiger partial charge on any atom is 0.321 e. The number of imidazole rings is 1. The van der Waals surface area contributed by atoms with E-state index in [9.17, 15) is 0 Å².